The second-order valence-electron chi connectivity index (χ2n) is 5.16. The van der Waals surface area contributed by atoms with Crippen LogP contribution in [0.25, 0.3) is 0 Å². The standard InChI is InChI=1S/C14H18BrNO2/c1-9-2-3-10(6-9)8-16-13-5-4-11(14(17)18)7-12(13)15/h4-5,7,9-10,16H,2-3,6,8H2,1H3,(H,17,18). The molecule has 0 spiro atoms. The molecule has 1 aliphatic carbocycles. The monoisotopic (exact) mass is 311 g/mol. The van der Waals surface area contributed by atoms with Crippen LogP contribution < -0.4 is 5.32 Å². The predicted octanol–water partition coefficient (Wildman–Crippen LogP) is 4.00. The van der Waals surface area contributed by atoms with E-state index in [4.69, 9.17) is 5.11 Å². The molecule has 1 saturated carbocycles. The number of aromatic carboxylic acids is 1. The van der Waals surface area contributed by atoms with Crippen molar-refractivity contribution in [3.63, 3.8) is 0 Å². The van der Waals surface area contributed by atoms with Gasteiger partial charge in [-0.1, -0.05) is 13.3 Å². The number of carboxylic acid groups (broad SMARTS) is 1. The van der Waals surface area contributed by atoms with Crippen molar-refractivity contribution in [2.24, 2.45) is 11.8 Å². The summed E-state index contributed by atoms with van der Waals surface area (Å²) in [5, 5.41) is 12.3. The van der Waals surface area contributed by atoms with Gasteiger partial charge in [0.25, 0.3) is 0 Å². The zero-order chi connectivity index (χ0) is 13.1. The number of hydrogen-bond acceptors (Lipinski definition) is 2. The predicted molar refractivity (Wildman–Crippen MR) is 76.1 cm³/mol. The van der Waals surface area contributed by atoms with Crippen LogP contribution in [0.1, 0.15) is 36.5 Å². The smallest absolute Gasteiger partial charge is 0.335 e. The fourth-order valence-corrected chi connectivity index (χ4v) is 3.08. The SMILES string of the molecule is CC1CCC(CNc2ccc(C(=O)O)cc2Br)C1. The first kappa shape index (κ1) is 13.4. The number of rotatable bonds is 4. The molecule has 0 bridgehead atoms. The maximum Gasteiger partial charge on any atom is 0.335 e. The number of carbonyl (C=O) groups is 1. The summed E-state index contributed by atoms with van der Waals surface area (Å²) in [6.07, 6.45) is 3.91. The van der Waals surface area contributed by atoms with E-state index < -0.39 is 5.97 Å². The van der Waals surface area contributed by atoms with E-state index in [1.54, 1.807) is 12.1 Å². The van der Waals surface area contributed by atoms with Gasteiger partial charge in [-0.15, -0.1) is 0 Å². The summed E-state index contributed by atoms with van der Waals surface area (Å²) in [7, 11) is 0. The molecule has 98 valence electrons. The highest BCUT2D eigenvalue weighted by Crippen LogP contribution is 2.31. The third kappa shape index (κ3) is 3.25. The topological polar surface area (TPSA) is 49.3 Å². The van der Waals surface area contributed by atoms with Crippen LogP contribution in [0.3, 0.4) is 0 Å². The van der Waals surface area contributed by atoms with Crippen molar-refractivity contribution in [3.8, 4) is 0 Å². The zero-order valence-corrected chi connectivity index (χ0v) is 12.0. The Labute approximate surface area is 116 Å². The molecule has 0 heterocycles. The largest absolute Gasteiger partial charge is 0.478 e. The van der Waals surface area contributed by atoms with Crippen molar-refractivity contribution in [2.45, 2.75) is 26.2 Å². The van der Waals surface area contributed by atoms with E-state index in [0.29, 0.717) is 5.56 Å². The number of carboxylic acids is 1. The van der Waals surface area contributed by atoms with Gasteiger partial charge in [0.2, 0.25) is 0 Å². The number of anilines is 1. The number of nitrogens with one attached hydrogen (secondary N) is 1. The first-order valence-corrected chi connectivity index (χ1v) is 7.12. The summed E-state index contributed by atoms with van der Waals surface area (Å²) in [5.41, 5.74) is 1.28. The molecule has 0 aliphatic heterocycles. The molecule has 4 heteroatoms. The summed E-state index contributed by atoms with van der Waals surface area (Å²) >= 11 is 3.41. The molecular formula is C14H18BrNO2. The van der Waals surface area contributed by atoms with Gasteiger partial charge in [0.1, 0.15) is 0 Å². The summed E-state index contributed by atoms with van der Waals surface area (Å²) in [6, 6.07) is 5.10. The highest BCUT2D eigenvalue weighted by molar-refractivity contribution is 9.10. The molecular weight excluding hydrogens is 294 g/mol. The second kappa shape index (κ2) is 5.74. The summed E-state index contributed by atoms with van der Waals surface area (Å²) in [6.45, 7) is 3.27. The Hall–Kier alpha value is -1.03. The van der Waals surface area contributed by atoms with Gasteiger partial charge in [-0.3, -0.25) is 0 Å². The Balaban J connectivity index is 1.95. The van der Waals surface area contributed by atoms with Crippen LogP contribution in [0.2, 0.25) is 0 Å². The lowest BCUT2D eigenvalue weighted by atomic mass is 10.1. The molecule has 2 N–H and O–H groups in total. The van der Waals surface area contributed by atoms with Gasteiger partial charge < -0.3 is 10.4 Å². The molecule has 0 amide bonds. The average molecular weight is 312 g/mol. The molecule has 2 rings (SSSR count). The third-order valence-electron chi connectivity index (χ3n) is 3.60. The van der Waals surface area contributed by atoms with Gasteiger partial charge in [0, 0.05) is 16.7 Å². The van der Waals surface area contributed by atoms with Crippen LogP contribution in [-0.2, 0) is 0 Å². The molecule has 0 aromatic heterocycles. The molecule has 1 aromatic rings. The van der Waals surface area contributed by atoms with Crippen molar-refractivity contribution >= 4 is 27.6 Å². The van der Waals surface area contributed by atoms with Crippen LogP contribution in [0.15, 0.2) is 22.7 Å². The minimum absolute atomic E-state index is 0.307. The quantitative estimate of drug-likeness (QED) is 0.883. The van der Waals surface area contributed by atoms with Crippen molar-refractivity contribution in [2.75, 3.05) is 11.9 Å². The third-order valence-corrected chi connectivity index (χ3v) is 4.26. The van der Waals surface area contributed by atoms with E-state index in [-0.39, 0.29) is 0 Å². The Morgan fingerprint density at radius 2 is 2.28 bits per heavy atom. The molecule has 1 aliphatic rings. The second-order valence-corrected chi connectivity index (χ2v) is 6.02. The minimum atomic E-state index is -0.896. The van der Waals surface area contributed by atoms with E-state index >= 15 is 0 Å². The molecule has 1 aromatic carbocycles. The lowest BCUT2D eigenvalue weighted by Gasteiger charge is -2.13. The number of hydrogen-bond donors (Lipinski definition) is 2. The van der Waals surface area contributed by atoms with Crippen LogP contribution in [0, 0.1) is 11.8 Å². The lowest BCUT2D eigenvalue weighted by molar-refractivity contribution is 0.0697. The van der Waals surface area contributed by atoms with E-state index in [1.807, 2.05) is 6.07 Å². The van der Waals surface area contributed by atoms with Crippen LogP contribution in [0.5, 0.6) is 0 Å². The minimum Gasteiger partial charge on any atom is -0.478 e. The maximum absolute atomic E-state index is 10.8. The Morgan fingerprint density at radius 1 is 1.50 bits per heavy atom. The van der Waals surface area contributed by atoms with Gasteiger partial charge in [0.05, 0.1) is 5.56 Å². The molecule has 2 atom stereocenters. The van der Waals surface area contributed by atoms with Crippen LogP contribution in [0.4, 0.5) is 5.69 Å². The van der Waals surface area contributed by atoms with Crippen LogP contribution >= 0.6 is 15.9 Å². The summed E-state index contributed by atoms with van der Waals surface area (Å²) in [4.78, 5) is 10.8. The molecule has 18 heavy (non-hydrogen) atoms. The van der Waals surface area contributed by atoms with E-state index in [1.165, 1.54) is 19.3 Å². The van der Waals surface area contributed by atoms with E-state index in [2.05, 4.69) is 28.2 Å². The molecule has 0 radical (unpaired) electrons. The number of halogens is 1. The Kier molecular flexibility index (Phi) is 4.27. The Bertz CT molecular complexity index is 447. The lowest BCUT2D eigenvalue weighted by Crippen LogP contribution is -2.12. The van der Waals surface area contributed by atoms with Crippen LogP contribution in [-0.4, -0.2) is 17.6 Å². The zero-order valence-electron chi connectivity index (χ0n) is 10.4. The molecule has 0 saturated heterocycles. The molecule has 2 unspecified atom stereocenters. The normalized spacial score (nSPS) is 23.0. The first-order valence-electron chi connectivity index (χ1n) is 6.33. The highest BCUT2D eigenvalue weighted by atomic mass is 79.9. The van der Waals surface area contributed by atoms with Crippen molar-refractivity contribution in [1.29, 1.82) is 0 Å². The van der Waals surface area contributed by atoms with Gasteiger partial charge in [-0.25, -0.2) is 4.79 Å². The van der Waals surface area contributed by atoms with Crippen molar-refractivity contribution < 1.29 is 9.90 Å². The van der Waals surface area contributed by atoms with Gasteiger partial charge in [-0.05, 0) is 58.8 Å². The van der Waals surface area contributed by atoms with E-state index in [0.717, 1.165) is 28.5 Å². The van der Waals surface area contributed by atoms with Gasteiger partial charge in [0.15, 0.2) is 0 Å². The van der Waals surface area contributed by atoms with Crippen molar-refractivity contribution in [3.05, 3.63) is 28.2 Å². The Morgan fingerprint density at radius 3 is 2.83 bits per heavy atom. The average Bonchev–Trinajstić information content (AvgIpc) is 2.73. The molecule has 3 nitrogen and oxygen atoms in total. The highest BCUT2D eigenvalue weighted by Gasteiger charge is 2.21. The summed E-state index contributed by atoms with van der Waals surface area (Å²) in [5.74, 6) is 0.688. The van der Waals surface area contributed by atoms with Gasteiger partial charge >= 0.3 is 5.97 Å². The fraction of sp³-hybridized carbons (Fsp3) is 0.500. The first-order chi connectivity index (χ1) is 8.56. The summed E-state index contributed by atoms with van der Waals surface area (Å²) < 4.78 is 0.813. The number of benzene rings is 1. The molecule has 1 fully saturated rings. The fourth-order valence-electron chi connectivity index (χ4n) is 2.56. The van der Waals surface area contributed by atoms with Gasteiger partial charge in [-0.2, -0.15) is 0 Å². The van der Waals surface area contributed by atoms with Crippen molar-refractivity contribution in [1.82, 2.24) is 0 Å². The van der Waals surface area contributed by atoms with E-state index in [9.17, 15) is 4.79 Å². The maximum atomic E-state index is 10.8.